The molecule has 1 unspecified atom stereocenters. The molecule has 0 aromatic heterocycles. The molecule has 0 saturated heterocycles. The number of nitrogens with one attached hydrogen (secondary N) is 2. The van der Waals surface area contributed by atoms with Crippen LogP contribution in [0.2, 0.25) is 10.0 Å². The number of carbonyl (C=O) groups excluding carboxylic acids is 2. The van der Waals surface area contributed by atoms with Gasteiger partial charge in [0.05, 0.1) is 0 Å². The van der Waals surface area contributed by atoms with E-state index in [4.69, 9.17) is 32.7 Å². The molecular formula is C25H34Cl3N3O4. The molecular weight excluding hydrogens is 513 g/mol. The topological polar surface area (TPSA) is 79.9 Å². The monoisotopic (exact) mass is 545 g/mol. The molecule has 7 nitrogen and oxygen atoms in total. The van der Waals surface area contributed by atoms with Crippen molar-refractivity contribution in [2.45, 2.75) is 45.6 Å². The number of hydrogen-bond donors (Lipinski definition) is 2. The SMILES string of the molecule is CCCCN(CCCC)CC(COC(=O)Nc1cccc(Cl)c1)OC(=O)Nc1cccc(Cl)c1.Cl. The van der Waals surface area contributed by atoms with Crippen molar-refractivity contribution in [1.82, 2.24) is 4.90 Å². The summed E-state index contributed by atoms with van der Waals surface area (Å²) in [6.07, 6.45) is 2.22. The number of amides is 2. The number of carbonyl (C=O) groups is 2. The Morgan fingerprint density at radius 3 is 1.89 bits per heavy atom. The number of nitrogens with zero attached hydrogens (tertiary/aromatic N) is 1. The number of halogens is 3. The van der Waals surface area contributed by atoms with Gasteiger partial charge in [0.2, 0.25) is 0 Å². The van der Waals surface area contributed by atoms with Crippen molar-refractivity contribution >= 4 is 59.2 Å². The molecule has 2 aromatic rings. The van der Waals surface area contributed by atoms with E-state index in [0.29, 0.717) is 28.0 Å². The second kappa shape index (κ2) is 17.3. The largest absolute Gasteiger partial charge is 0.445 e. The van der Waals surface area contributed by atoms with Gasteiger partial charge >= 0.3 is 12.2 Å². The standard InChI is InChI=1S/C25H33Cl2N3O4.ClH/c1-3-5-13-30(14-6-4-2)17-23(34-25(32)29-22-12-8-10-20(27)16-22)18-33-24(31)28-21-11-7-9-19(26)15-21;/h7-12,15-16,23H,3-6,13-14,17-18H2,1-2H3,(H,28,31)(H,29,32);1H. The minimum atomic E-state index is -0.655. The van der Waals surface area contributed by atoms with Crippen LogP contribution in [0.5, 0.6) is 0 Å². The fraction of sp³-hybridized carbons (Fsp3) is 0.440. The van der Waals surface area contributed by atoms with Gasteiger partial charge in [-0.25, -0.2) is 9.59 Å². The Bertz CT molecular complexity index is 909. The van der Waals surface area contributed by atoms with Crippen LogP contribution >= 0.6 is 35.6 Å². The summed E-state index contributed by atoms with van der Waals surface area (Å²) < 4.78 is 11.0. The van der Waals surface area contributed by atoms with E-state index in [1.807, 2.05) is 0 Å². The highest BCUT2D eigenvalue weighted by atomic mass is 35.5. The van der Waals surface area contributed by atoms with Crippen LogP contribution in [0.4, 0.5) is 21.0 Å². The lowest BCUT2D eigenvalue weighted by atomic mass is 10.2. The summed E-state index contributed by atoms with van der Waals surface area (Å²) in [5.74, 6) is 0. The van der Waals surface area contributed by atoms with Crippen molar-refractivity contribution in [3.63, 3.8) is 0 Å². The minimum Gasteiger partial charge on any atom is -0.445 e. The van der Waals surface area contributed by atoms with Crippen molar-refractivity contribution in [3.8, 4) is 0 Å². The van der Waals surface area contributed by atoms with Gasteiger partial charge in [-0.05, 0) is 62.3 Å². The number of hydrogen-bond acceptors (Lipinski definition) is 5. The van der Waals surface area contributed by atoms with E-state index >= 15 is 0 Å². The van der Waals surface area contributed by atoms with Gasteiger partial charge < -0.3 is 9.47 Å². The zero-order valence-electron chi connectivity index (χ0n) is 20.1. The van der Waals surface area contributed by atoms with Gasteiger partial charge in [-0.2, -0.15) is 0 Å². The Morgan fingerprint density at radius 2 is 1.40 bits per heavy atom. The van der Waals surface area contributed by atoms with Gasteiger partial charge in [-0.1, -0.05) is 62.0 Å². The third-order valence-electron chi connectivity index (χ3n) is 4.93. The van der Waals surface area contributed by atoms with Crippen LogP contribution in [0.1, 0.15) is 39.5 Å². The lowest BCUT2D eigenvalue weighted by Gasteiger charge is -2.27. The summed E-state index contributed by atoms with van der Waals surface area (Å²) in [6.45, 7) is 6.38. The molecule has 0 spiro atoms. The van der Waals surface area contributed by atoms with Crippen LogP contribution in [0, 0.1) is 0 Å². The Morgan fingerprint density at radius 1 is 0.886 bits per heavy atom. The van der Waals surface area contributed by atoms with E-state index in [2.05, 4.69) is 29.4 Å². The van der Waals surface area contributed by atoms with E-state index in [-0.39, 0.29) is 19.0 Å². The molecule has 0 bridgehead atoms. The molecule has 2 amide bonds. The van der Waals surface area contributed by atoms with Crippen LogP contribution in [0.25, 0.3) is 0 Å². The van der Waals surface area contributed by atoms with Gasteiger partial charge in [0.25, 0.3) is 0 Å². The zero-order valence-corrected chi connectivity index (χ0v) is 22.4. The Hall–Kier alpha value is -2.19. The number of benzene rings is 2. The van der Waals surface area contributed by atoms with Crippen LogP contribution in [-0.4, -0.2) is 49.4 Å². The van der Waals surface area contributed by atoms with Crippen molar-refractivity contribution in [3.05, 3.63) is 58.6 Å². The average molecular weight is 547 g/mol. The number of anilines is 2. The first-order chi connectivity index (χ1) is 16.4. The van der Waals surface area contributed by atoms with E-state index < -0.39 is 18.3 Å². The molecule has 10 heteroatoms. The maximum Gasteiger partial charge on any atom is 0.412 e. The predicted octanol–water partition coefficient (Wildman–Crippen LogP) is 7.48. The molecule has 0 aliphatic heterocycles. The maximum absolute atomic E-state index is 12.6. The third kappa shape index (κ3) is 12.9. The number of unbranched alkanes of at least 4 members (excludes halogenated alkanes) is 2. The third-order valence-corrected chi connectivity index (χ3v) is 5.40. The first kappa shape index (κ1) is 30.8. The van der Waals surface area contributed by atoms with Crippen molar-refractivity contribution in [2.24, 2.45) is 0 Å². The molecule has 1 atom stereocenters. The Balaban J connectivity index is 0.00000612. The number of ether oxygens (including phenoxy) is 2. The maximum atomic E-state index is 12.6. The molecule has 0 saturated carbocycles. The van der Waals surface area contributed by atoms with Gasteiger partial charge in [0.1, 0.15) is 6.61 Å². The fourth-order valence-electron chi connectivity index (χ4n) is 3.22. The molecule has 0 aliphatic carbocycles. The normalized spacial score (nSPS) is 11.3. The predicted molar refractivity (Wildman–Crippen MR) is 145 cm³/mol. The molecule has 0 radical (unpaired) electrons. The molecule has 0 aliphatic rings. The fourth-order valence-corrected chi connectivity index (χ4v) is 3.60. The molecule has 194 valence electrons. The quantitative estimate of drug-likeness (QED) is 0.272. The zero-order chi connectivity index (χ0) is 24.8. The highest BCUT2D eigenvalue weighted by Gasteiger charge is 2.21. The molecule has 2 N–H and O–H groups in total. The van der Waals surface area contributed by atoms with Crippen LogP contribution < -0.4 is 10.6 Å². The molecule has 35 heavy (non-hydrogen) atoms. The lowest BCUT2D eigenvalue weighted by Crippen LogP contribution is -2.40. The van der Waals surface area contributed by atoms with Crippen LogP contribution in [0.15, 0.2) is 48.5 Å². The van der Waals surface area contributed by atoms with Gasteiger partial charge in [0, 0.05) is 28.0 Å². The van der Waals surface area contributed by atoms with Crippen molar-refractivity contribution < 1.29 is 19.1 Å². The second-order valence-corrected chi connectivity index (χ2v) is 8.78. The van der Waals surface area contributed by atoms with Crippen LogP contribution in [0.3, 0.4) is 0 Å². The Kier molecular flexibility index (Phi) is 15.2. The average Bonchev–Trinajstić information content (AvgIpc) is 2.79. The Labute approximate surface area is 223 Å². The summed E-state index contributed by atoms with van der Waals surface area (Å²) in [5, 5.41) is 6.30. The second-order valence-electron chi connectivity index (χ2n) is 7.90. The first-order valence-corrected chi connectivity index (χ1v) is 12.3. The highest BCUT2D eigenvalue weighted by molar-refractivity contribution is 6.31. The summed E-state index contributed by atoms with van der Waals surface area (Å²) >= 11 is 11.9. The highest BCUT2D eigenvalue weighted by Crippen LogP contribution is 2.17. The van der Waals surface area contributed by atoms with E-state index in [1.54, 1.807) is 48.5 Å². The minimum absolute atomic E-state index is 0. The lowest BCUT2D eigenvalue weighted by molar-refractivity contribution is 0.0329. The molecule has 0 fully saturated rings. The molecule has 2 rings (SSSR count). The molecule has 2 aromatic carbocycles. The molecule has 0 heterocycles. The first-order valence-electron chi connectivity index (χ1n) is 11.5. The smallest absolute Gasteiger partial charge is 0.412 e. The summed E-state index contributed by atoms with van der Waals surface area (Å²) in [7, 11) is 0. The van der Waals surface area contributed by atoms with Gasteiger partial charge in [-0.3, -0.25) is 15.5 Å². The number of rotatable bonds is 13. The summed E-state index contributed by atoms with van der Waals surface area (Å²) in [5.41, 5.74) is 1.03. The van der Waals surface area contributed by atoms with Gasteiger partial charge in [0.15, 0.2) is 6.10 Å². The van der Waals surface area contributed by atoms with Crippen molar-refractivity contribution in [2.75, 3.05) is 36.9 Å². The van der Waals surface area contributed by atoms with Crippen molar-refractivity contribution in [1.29, 1.82) is 0 Å². The van der Waals surface area contributed by atoms with E-state index in [1.165, 1.54) is 0 Å². The summed E-state index contributed by atoms with van der Waals surface area (Å²) in [6, 6.07) is 13.5. The van der Waals surface area contributed by atoms with Crippen LogP contribution in [-0.2, 0) is 9.47 Å². The van der Waals surface area contributed by atoms with Gasteiger partial charge in [-0.15, -0.1) is 12.4 Å². The van der Waals surface area contributed by atoms with E-state index in [9.17, 15) is 9.59 Å². The summed E-state index contributed by atoms with van der Waals surface area (Å²) in [4.78, 5) is 27.1. The van der Waals surface area contributed by atoms with E-state index in [0.717, 1.165) is 38.8 Å².